The molecule has 0 radical (unpaired) electrons. The van der Waals surface area contributed by atoms with Gasteiger partial charge in [0, 0.05) is 24.1 Å². The van der Waals surface area contributed by atoms with Gasteiger partial charge < -0.3 is 24.4 Å². The summed E-state index contributed by atoms with van der Waals surface area (Å²) in [5.74, 6) is -0.100. The Morgan fingerprint density at radius 1 is 1.16 bits per heavy atom. The lowest BCUT2D eigenvalue weighted by atomic mass is 10.1. The summed E-state index contributed by atoms with van der Waals surface area (Å²) in [5, 5.41) is 2.79. The first-order valence-corrected chi connectivity index (χ1v) is 9.70. The molecule has 0 aliphatic carbocycles. The summed E-state index contributed by atoms with van der Waals surface area (Å²) in [7, 11) is 3.07. The van der Waals surface area contributed by atoms with Gasteiger partial charge in [0.25, 0.3) is 5.91 Å². The summed E-state index contributed by atoms with van der Waals surface area (Å²) in [6, 6.07) is 11.8. The van der Waals surface area contributed by atoms with Gasteiger partial charge in [0.05, 0.1) is 25.6 Å². The molecule has 1 atom stereocenters. The number of anilines is 2. The van der Waals surface area contributed by atoms with E-state index in [4.69, 9.17) is 14.2 Å². The lowest BCUT2D eigenvalue weighted by molar-refractivity contribution is -0.143. The van der Waals surface area contributed by atoms with Crippen LogP contribution >= 0.6 is 0 Å². The highest BCUT2D eigenvalue weighted by molar-refractivity contribution is 6.05. The van der Waals surface area contributed by atoms with E-state index in [9.17, 15) is 14.4 Å². The SMILES string of the molecule is COc1ccc(OC)c(/C=C/C(=O)OCC(=O)N2c3ccccc3NC(=O)CC2C)c1. The molecule has 0 saturated heterocycles. The number of carbonyl (C=O) groups excluding carboxylic acids is 3. The average Bonchev–Trinajstić information content (AvgIpc) is 2.89. The van der Waals surface area contributed by atoms with Gasteiger partial charge in [-0.2, -0.15) is 0 Å². The summed E-state index contributed by atoms with van der Waals surface area (Å²) < 4.78 is 15.6. The molecule has 1 N–H and O–H groups in total. The topological polar surface area (TPSA) is 94.2 Å². The largest absolute Gasteiger partial charge is 0.497 e. The van der Waals surface area contributed by atoms with Crippen LogP contribution in [0.2, 0.25) is 0 Å². The summed E-state index contributed by atoms with van der Waals surface area (Å²) >= 11 is 0. The van der Waals surface area contributed by atoms with Crippen LogP contribution in [0.4, 0.5) is 11.4 Å². The number of carbonyl (C=O) groups is 3. The number of methoxy groups -OCH3 is 2. The van der Waals surface area contributed by atoms with Crippen molar-refractivity contribution in [2.24, 2.45) is 0 Å². The Balaban J connectivity index is 1.69. The van der Waals surface area contributed by atoms with Gasteiger partial charge in [0.15, 0.2) is 6.61 Å². The first-order chi connectivity index (χ1) is 14.9. The maximum atomic E-state index is 12.8. The third-order valence-corrected chi connectivity index (χ3v) is 4.80. The molecule has 0 fully saturated rings. The lowest BCUT2D eigenvalue weighted by Gasteiger charge is -2.27. The highest BCUT2D eigenvalue weighted by Gasteiger charge is 2.29. The highest BCUT2D eigenvalue weighted by Crippen LogP contribution is 2.31. The van der Waals surface area contributed by atoms with Crippen molar-refractivity contribution in [2.75, 3.05) is 31.0 Å². The number of fused-ring (bicyclic) bond motifs is 1. The number of esters is 1. The Labute approximate surface area is 180 Å². The first kappa shape index (κ1) is 21.9. The van der Waals surface area contributed by atoms with Gasteiger partial charge in [0.1, 0.15) is 11.5 Å². The van der Waals surface area contributed by atoms with Crippen molar-refractivity contribution < 1.29 is 28.6 Å². The number of amides is 2. The van der Waals surface area contributed by atoms with E-state index in [1.165, 1.54) is 24.2 Å². The van der Waals surface area contributed by atoms with Crippen LogP contribution in [0, 0.1) is 0 Å². The molecule has 0 spiro atoms. The predicted molar refractivity (Wildman–Crippen MR) is 116 cm³/mol. The minimum Gasteiger partial charge on any atom is -0.497 e. The van der Waals surface area contributed by atoms with Crippen molar-refractivity contribution in [3.8, 4) is 11.5 Å². The maximum absolute atomic E-state index is 12.8. The predicted octanol–water partition coefficient (Wildman–Crippen LogP) is 3.02. The summed E-state index contributed by atoms with van der Waals surface area (Å²) in [5.41, 5.74) is 1.74. The normalized spacial score (nSPS) is 15.6. The molecule has 1 aliphatic rings. The molecule has 0 aromatic heterocycles. The number of nitrogens with zero attached hydrogens (tertiary/aromatic N) is 1. The molecule has 8 heteroatoms. The van der Waals surface area contributed by atoms with Crippen molar-refractivity contribution in [1.29, 1.82) is 0 Å². The molecule has 0 saturated carbocycles. The van der Waals surface area contributed by atoms with E-state index in [-0.39, 0.29) is 18.4 Å². The molecule has 0 bridgehead atoms. The van der Waals surface area contributed by atoms with E-state index < -0.39 is 18.5 Å². The standard InChI is InChI=1S/C23H24N2O6/c1-15-12-21(26)24-18-6-4-5-7-19(18)25(15)22(27)14-31-23(28)11-8-16-13-17(29-2)9-10-20(16)30-3/h4-11,13,15H,12,14H2,1-3H3,(H,24,26)/b11-8+. The lowest BCUT2D eigenvalue weighted by Crippen LogP contribution is -2.41. The van der Waals surface area contributed by atoms with Crippen molar-refractivity contribution >= 4 is 35.2 Å². The molecular formula is C23H24N2O6. The number of benzene rings is 2. The number of hydrogen-bond donors (Lipinski definition) is 1. The quantitative estimate of drug-likeness (QED) is 0.566. The molecule has 162 valence electrons. The monoisotopic (exact) mass is 424 g/mol. The van der Waals surface area contributed by atoms with Gasteiger partial charge in [-0.05, 0) is 43.3 Å². The number of ether oxygens (including phenoxy) is 3. The fourth-order valence-electron chi connectivity index (χ4n) is 3.35. The number of rotatable bonds is 6. The van der Waals surface area contributed by atoms with Gasteiger partial charge in [-0.1, -0.05) is 12.1 Å². The van der Waals surface area contributed by atoms with Crippen molar-refractivity contribution in [3.63, 3.8) is 0 Å². The number of hydrogen-bond acceptors (Lipinski definition) is 6. The van der Waals surface area contributed by atoms with Crippen LogP contribution in [-0.4, -0.2) is 44.7 Å². The number of para-hydroxylation sites is 2. The molecule has 2 amide bonds. The molecule has 8 nitrogen and oxygen atoms in total. The zero-order valence-electron chi connectivity index (χ0n) is 17.6. The fourth-order valence-corrected chi connectivity index (χ4v) is 3.35. The van der Waals surface area contributed by atoms with Gasteiger partial charge in [-0.25, -0.2) is 4.79 Å². The van der Waals surface area contributed by atoms with Crippen LogP contribution in [0.15, 0.2) is 48.5 Å². The first-order valence-electron chi connectivity index (χ1n) is 9.70. The van der Waals surface area contributed by atoms with Crippen molar-refractivity contribution in [1.82, 2.24) is 0 Å². The second kappa shape index (κ2) is 9.80. The Morgan fingerprint density at radius 3 is 2.68 bits per heavy atom. The Bertz CT molecular complexity index is 1020. The van der Waals surface area contributed by atoms with Gasteiger partial charge >= 0.3 is 5.97 Å². The molecule has 31 heavy (non-hydrogen) atoms. The molecular weight excluding hydrogens is 400 g/mol. The summed E-state index contributed by atoms with van der Waals surface area (Å²) in [4.78, 5) is 38.6. The minimum absolute atomic E-state index is 0.143. The van der Waals surface area contributed by atoms with Crippen LogP contribution in [0.25, 0.3) is 6.08 Å². The van der Waals surface area contributed by atoms with Crippen LogP contribution in [-0.2, 0) is 19.1 Å². The number of nitrogens with one attached hydrogen (secondary N) is 1. The van der Waals surface area contributed by atoms with Crippen LogP contribution in [0.5, 0.6) is 11.5 Å². The third-order valence-electron chi connectivity index (χ3n) is 4.80. The fraction of sp³-hybridized carbons (Fsp3) is 0.261. The highest BCUT2D eigenvalue weighted by atomic mass is 16.5. The zero-order chi connectivity index (χ0) is 22.4. The van der Waals surface area contributed by atoms with E-state index in [1.807, 2.05) is 0 Å². The van der Waals surface area contributed by atoms with E-state index in [0.29, 0.717) is 28.4 Å². The second-order valence-electron chi connectivity index (χ2n) is 6.93. The van der Waals surface area contributed by atoms with Crippen LogP contribution in [0.1, 0.15) is 18.9 Å². The van der Waals surface area contributed by atoms with Crippen LogP contribution in [0.3, 0.4) is 0 Å². The average molecular weight is 424 g/mol. The molecule has 2 aromatic rings. The Hall–Kier alpha value is -3.81. The molecule has 3 rings (SSSR count). The van der Waals surface area contributed by atoms with E-state index >= 15 is 0 Å². The van der Waals surface area contributed by atoms with E-state index in [2.05, 4.69) is 5.32 Å². The smallest absolute Gasteiger partial charge is 0.331 e. The van der Waals surface area contributed by atoms with Crippen molar-refractivity contribution in [3.05, 3.63) is 54.1 Å². The van der Waals surface area contributed by atoms with Gasteiger partial charge in [-0.15, -0.1) is 0 Å². The molecule has 1 unspecified atom stereocenters. The minimum atomic E-state index is -0.678. The molecule has 1 aliphatic heterocycles. The zero-order valence-corrected chi connectivity index (χ0v) is 17.6. The molecule has 2 aromatic carbocycles. The third kappa shape index (κ3) is 5.22. The van der Waals surface area contributed by atoms with E-state index in [0.717, 1.165) is 0 Å². The van der Waals surface area contributed by atoms with Gasteiger partial charge in [-0.3, -0.25) is 9.59 Å². The Morgan fingerprint density at radius 2 is 1.94 bits per heavy atom. The summed E-state index contributed by atoms with van der Waals surface area (Å²) in [6.07, 6.45) is 2.89. The second-order valence-corrected chi connectivity index (χ2v) is 6.93. The summed E-state index contributed by atoms with van der Waals surface area (Å²) in [6.45, 7) is 1.32. The van der Waals surface area contributed by atoms with Crippen molar-refractivity contribution in [2.45, 2.75) is 19.4 Å². The van der Waals surface area contributed by atoms with Gasteiger partial charge in [0.2, 0.25) is 5.91 Å². The Kier molecular flexibility index (Phi) is 6.92. The van der Waals surface area contributed by atoms with Crippen LogP contribution < -0.4 is 19.7 Å². The molecule has 1 heterocycles. The maximum Gasteiger partial charge on any atom is 0.331 e. The van der Waals surface area contributed by atoms with E-state index in [1.54, 1.807) is 56.5 Å².